The standard InChI is InChI=1S/C39H72O7/c1-7-8-9-10-11-12-13-14-15-16-21-40-22-23-41-24-25-42-26-27-43-28-29-44-30-31-45-32-33-46-36(3)35(2)34-37-17-19-38(20-18-37)39(4,5)6/h17-20,35-36H,7-16,21-34H2,1-6H3. The molecule has 1 aromatic rings. The van der Waals surface area contributed by atoms with Crippen LogP contribution in [0.3, 0.4) is 0 Å². The van der Waals surface area contributed by atoms with E-state index in [9.17, 15) is 0 Å². The van der Waals surface area contributed by atoms with Gasteiger partial charge < -0.3 is 33.2 Å². The second-order valence-corrected chi connectivity index (χ2v) is 13.6. The van der Waals surface area contributed by atoms with Gasteiger partial charge in [-0.05, 0) is 42.2 Å². The normalized spacial score (nSPS) is 13.3. The van der Waals surface area contributed by atoms with Gasteiger partial charge in [0.15, 0.2) is 0 Å². The molecule has 0 aliphatic rings. The molecule has 0 aromatic heterocycles. The minimum absolute atomic E-state index is 0.180. The van der Waals surface area contributed by atoms with Crippen molar-refractivity contribution in [3.63, 3.8) is 0 Å². The van der Waals surface area contributed by atoms with Crippen molar-refractivity contribution in [2.75, 3.05) is 85.9 Å². The first kappa shape index (κ1) is 43.0. The van der Waals surface area contributed by atoms with Crippen molar-refractivity contribution < 1.29 is 33.2 Å². The Hall–Kier alpha value is -1.06. The van der Waals surface area contributed by atoms with Crippen molar-refractivity contribution in [2.45, 2.75) is 124 Å². The van der Waals surface area contributed by atoms with E-state index in [0.29, 0.717) is 85.2 Å². The van der Waals surface area contributed by atoms with Gasteiger partial charge in [0, 0.05) is 6.61 Å². The number of hydrogen-bond acceptors (Lipinski definition) is 7. The van der Waals surface area contributed by atoms with E-state index < -0.39 is 0 Å². The van der Waals surface area contributed by atoms with Gasteiger partial charge in [-0.3, -0.25) is 0 Å². The van der Waals surface area contributed by atoms with Crippen molar-refractivity contribution in [2.24, 2.45) is 5.92 Å². The molecule has 0 fully saturated rings. The molecule has 0 amide bonds. The summed E-state index contributed by atoms with van der Waals surface area (Å²) in [6, 6.07) is 9.00. The maximum atomic E-state index is 6.00. The summed E-state index contributed by atoms with van der Waals surface area (Å²) in [5, 5.41) is 0. The lowest BCUT2D eigenvalue weighted by atomic mass is 9.86. The highest BCUT2D eigenvalue weighted by Gasteiger charge is 2.16. The summed E-state index contributed by atoms with van der Waals surface area (Å²) in [6.07, 6.45) is 14.7. The van der Waals surface area contributed by atoms with Gasteiger partial charge in [0.1, 0.15) is 0 Å². The molecule has 0 heterocycles. The maximum absolute atomic E-state index is 6.00. The van der Waals surface area contributed by atoms with Crippen molar-refractivity contribution in [3.8, 4) is 0 Å². The van der Waals surface area contributed by atoms with Crippen LogP contribution in [-0.4, -0.2) is 92.0 Å². The molecule has 0 saturated carbocycles. The Kier molecular flexibility index (Phi) is 28.0. The quantitative estimate of drug-likeness (QED) is 0.0705. The molecule has 7 nitrogen and oxygen atoms in total. The monoisotopic (exact) mass is 653 g/mol. The third kappa shape index (κ3) is 26.0. The van der Waals surface area contributed by atoms with Crippen LogP contribution in [0.5, 0.6) is 0 Å². The van der Waals surface area contributed by atoms with Gasteiger partial charge in [0.25, 0.3) is 0 Å². The molecule has 0 aliphatic heterocycles. The van der Waals surface area contributed by atoms with Crippen LogP contribution >= 0.6 is 0 Å². The Balaban J connectivity index is 1.76. The van der Waals surface area contributed by atoms with Crippen LogP contribution in [0, 0.1) is 5.92 Å². The zero-order valence-corrected chi connectivity index (χ0v) is 30.8. The summed E-state index contributed by atoms with van der Waals surface area (Å²) >= 11 is 0. The minimum Gasteiger partial charge on any atom is -0.379 e. The van der Waals surface area contributed by atoms with Crippen LogP contribution in [0.25, 0.3) is 0 Å². The molecule has 0 N–H and O–H groups in total. The van der Waals surface area contributed by atoms with Gasteiger partial charge in [-0.2, -0.15) is 0 Å². The molecule has 2 unspecified atom stereocenters. The van der Waals surface area contributed by atoms with E-state index in [0.717, 1.165) is 19.4 Å². The molecule has 1 aromatic carbocycles. The molecular weight excluding hydrogens is 580 g/mol. The fourth-order valence-corrected chi connectivity index (χ4v) is 5.03. The van der Waals surface area contributed by atoms with E-state index in [1.165, 1.54) is 68.9 Å². The van der Waals surface area contributed by atoms with Crippen LogP contribution in [0.4, 0.5) is 0 Å². The van der Waals surface area contributed by atoms with Gasteiger partial charge in [0.2, 0.25) is 0 Å². The highest BCUT2D eigenvalue weighted by Crippen LogP contribution is 2.23. The highest BCUT2D eigenvalue weighted by molar-refractivity contribution is 5.27. The summed E-state index contributed by atoms with van der Waals surface area (Å²) in [6.45, 7) is 21.2. The van der Waals surface area contributed by atoms with E-state index in [1.807, 2.05) is 0 Å². The van der Waals surface area contributed by atoms with Crippen LogP contribution < -0.4 is 0 Å². The first-order chi connectivity index (χ1) is 22.3. The van der Waals surface area contributed by atoms with Gasteiger partial charge in [-0.15, -0.1) is 0 Å². The van der Waals surface area contributed by atoms with E-state index in [-0.39, 0.29) is 11.5 Å². The Labute approximate surface area is 283 Å². The number of ether oxygens (including phenoxy) is 7. The zero-order valence-electron chi connectivity index (χ0n) is 30.8. The second-order valence-electron chi connectivity index (χ2n) is 13.6. The van der Waals surface area contributed by atoms with Crippen molar-refractivity contribution >= 4 is 0 Å². The SMILES string of the molecule is CCCCCCCCCCCCOCCOCCOCCOCCOCCOCCOC(C)C(C)Cc1ccc(C(C)(C)C)cc1. The number of rotatable bonds is 33. The molecule has 270 valence electrons. The van der Waals surface area contributed by atoms with Crippen LogP contribution in [0.2, 0.25) is 0 Å². The molecule has 1 rings (SSSR count). The topological polar surface area (TPSA) is 64.6 Å². The molecule has 46 heavy (non-hydrogen) atoms. The Morgan fingerprint density at radius 1 is 0.478 bits per heavy atom. The Bertz CT molecular complexity index is 765. The predicted molar refractivity (Wildman–Crippen MR) is 190 cm³/mol. The molecule has 0 bridgehead atoms. The molecule has 0 spiro atoms. The van der Waals surface area contributed by atoms with Crippen molar-refractivity contribution in [1.29, 1.82) is 0 Å². The van der Waals surface area contributed by atoms with Gasteiger partial charge >= 0.3 is 0 Å². The zero-order chi connectivity index (χ0) is 33.6. The minimum atomic E-state index is 0.180. The van der Waals surface area contributed by atoms with E-state index >= 15 is 0 Å². The molecule has 0 aliphatic carbocycles. The first-order valence-electron chi connectivity index (χ1n) is 18.5. The number of unbranched alkanes of at least 4 members (excludes halogenated alkanes) is 9. The van der Waals surface area contributed by atoms with Gasteiger partial charge in [0.05, 0.1) is 85.4 Å². The lowest BCUT2D eigenvalue weighted by molar-refractivity contribution is -0.0315. The fraction of sp³-hybridized carbons (Fsp3) is 0.846. The maximum Gasteiger partial charge on any atom is 0.0704 e. The highest BCUT2D eigenvalue weighted by atomic mass is 16.6. The van der Waals surface area contributed by atoms with E-state index in [2.05, 4.69) is 65.8 Å². The smallest absolute Gasteiger partial charge is 0.0704 e. The summed E-state index contributed by atoms with van der Waals surface area (Å²) in [5.74, 6) is 0.441. The molecule has 0 radical (unpaired) electrons. The van der Waals surface area contributed by atoms with Crippen molar-refractivity contribution in [1.82, 2.24) is 0 Å². The molecular formula is C39H72O7. The summed E-state index contributed by atoms with van der Waals surface area (Å²) in [4.78, 5) is 0. The second kappa shape index (κ2) is 30.0. The van der Waals surface area contributed by atoms with Gasteiger partial charge in [-0.25, -0.2) is 0 Å². The summed E-state index contributed by atoms with van der Waals surface area (Å²) < 4.78 is 39.6. The summed E-state index contributed by atoms with van der Waals surface area (Å²) in [7, 11) is 0. The first-order valence-corrected chi connectivity index (χ1v) is 18.5. The average Bonchev–Trinajstić information content (AvgIpc) is 3.03. The summed E-state index contributed by atoms with van der Waals surface area (Å²) in [5.41, 5.74) is 2.92. The molecule has 2 atom stereocenters. The lowest BCUT2D eigenvalue weighted by Crippen LogP contribution is -2.22. The van der Waals surface area contributed by atoms with Crippen LogP contribution in [0.15, 0.2) is 24.3 Å². The number of hydrogen-bond donors (Lipinski definition) is 0. The number of benzene rings is 1. The van der Waals surface area contributed by atoms with E-state index in [4.69, 9.17) is 33.2 Å². The van der Waals surface area contributed by atoms with Crippen molar-refractivity contribution in [3.05, 3.63) is 35.4 Å². The predicted octanol–water partition coefficient (Wildman–Crippen LogP) is 8.59. The fourth-order valence-electron chi connectivity index (χ4n) is 5.03. The third-order valence-corrected chi connectivity index (χ3v) is 8.29. The average molecular weight is 653 g/mol. The van der Waals surface area contributed by atoms with Crippen LogP contribution in [-0.2, 0) is 45.0 Å². The Morgan fingerprint density at radius 3 is 1.26 bits per heavy atom. The van der Waals surface area contributed by atoms with Gasteiger partial charge in [-0.1, -0.05) is 117 Å². The molecule has 7 heteroatoms. The lowest BCUT2D eigenvalue weighted by Gasteiger charge is -2.22. The Morgan fingerprint density at radius 2 is 0.848 bits per heavy atom. The van der Waals surface area contributed by atoms with Crippen LogP contribution in [0.1, 0.15) is 117 Å². The molecule has 0 saturated heterocycles. The van der Waals surface area contributed by atoms with E-state index in [1.54, 1.807) is 0 Å². The largest absolute Gasteiger partial charge is 0.379 e. The third-order valence-electron chi connectivity index (χ3n) is 8.29.